The van der Waals surface area contributed by atoms with Crippen LogP contribution in [0.3, 0.4) is 0 Å². The minimum Gasteiger partial charge on any atom is -0.372 e. The van der Waals surface area contributed by atoms with Gasteiger partial charge in [0.25, 0.3) is 0 Å². The Morgan fingerprint density at radius 3 is 2.47 bits per heavy atom. The average Bonchev–Trinajstić information content (AvgIpc) is 2.22. The molecule has 0 heterocycles. The maximum Gasteiger partial charge on any atom is 0.411 e. The van der Waals surface area contributed by atoms with Crippen LogP contribution in [0.25, 0.3) is 0 Å². The fraction of sp³-hybridized carbons (Fsp3) is 0.900. The summed E-state index contributed by atoms with van der Waals surface area (Å²) in [7, 11) is 0. The van der Waals surface area contributed by atoms with Crippen LogP contribution in [0, 0.1) is 0 Å². The van der Waals surface area contributed by atoms with Crippen molar-refractivity contribution in [2.45, 2.75) is 25.9 Å². The predicted octanol–water partition coefficient (Wildman–Crippen LogP) is 1.15. The van der Waals surface area contributed by atoms with Crippen LogP contribution in [0.4, 0.5) is 13.2 Å². The molecule has 0 aliphatic heterocycles. The lowest BCUT2D eigenvalue weighted by Gasteiger charge is -2.21. The molecule has 102 valence electrons. The molecule has 1 amide bonds. The molecule has 2 N–H and O–H groups in total. The van der Waals surface area contributed by atoms with E-state index < -0.39 is 12.8 Å². The van der Waals surface area contributed by atoms with E-state index >= 15 is 0 Å². The van der Waals surface area contributed by atoms with E-state index in [0.717, 1.165) is 6.42 Å². The molecule has 0 bridgehead atoms. The van der Waals surface area contributed by atoms with E-state index in [1.807, 2.05) is 6.92 Å². The van der Waals surface area contributed by atoms with Crippen molar-refractivity contribution in [2.24, 2.45) is 5.73 Å². The van der Waals surface area contributed by atoms with Gasteiger partial charge in [-0.1, -0.05) is 6.92 Å². The number of ether oxygens (including phenoxy) is 1. The van der Waals surface area contributed by atoms with E-state index in [1.165, 1.54) is 4.90 Å². The van der Waals surface area contributed by atoms with Crippen molar-refractivity contribution in [1.29, 1.82) is 0 Å². The Morgan fingerprint density at radius 2 is 2.00 bits per heavy atom. The highest BCUT2D eigenvalue weighted by atomic mass is 19.4. The summed E-state index contributed by atoms with van der Waals surface area (Å²) in [6.07, 6.45) is -3.60. The summed E-state index contributed by atoms with van der Waals surface area (Å²) in [5.74, 6) is -0.223. The molecule has 0 aliphatic carbocycles. The van der Waals surface area contributed by atoms with Gasteiger partial charge < -0.3 is 15.4 Å². The third kappa shape index (κ3) is 8.93. The van der Waals surface area contributed by atoms with Gasteiger partial charge in [-0.2, -0.15) is 13.2 Å². The van der Waals surface area contributed by atoms with Gasteiger partial charge in [0.2, 0.25) is 5.91 Å². The molecule has 0 aromatic heterocycles. The number of rotatable bonds is 8. The monoisotopic (exact) mass is 256 g/mol. The largest absolute Gasteiger partial charge is 0.411 e. The summed E-state index contributed by atoms with van der Waals surface area (Å²) in [5.41, 5.74) is 5.34. The van der Waals surface area contributed by atoms with Crippen LogP contribution < -0.4 is 5.73 Å². The average molecular weight is 256 g/mol. The quantitative estimate of drug-likeness (QED) is 0.663. The second-order valence-electron chi connectivity index (χ2n) is 3.59. The van der Waals surface area contributed by atoms with Crippen LogP contribution in [0.15, 0.2) is 0 Å². The number of carbonyl (C=O) groups excluding carboxylic acids is 1. The van der Waals surface area contributed by atoms with E-state index in [1.54, 1.807) is 0 Å². The lowest BCUT2D eigenvalue weighted by Crippen LogP contribution is -2.36. The van der Waals surface area contributed by atoms with Crippen LogP contribution in [-0.4, -0.2) is 49.8 Å². The van der Waals surface area contributed by atoms with Crippen LogP contribution in [0.2, 0.25) is 0 Å². The molecule has 0 saturated heterocycles. The number of hydrogen-bond acceptors (Lipinski definition) is 3. The summed E-state index contributed by atoms with van der Waals surface area (Å²) in [6.45, 7) is 1.71. The topological polar surface area (TPSA) is 55.6 Å². The SMILES string of the molecule is CCCN(CCN)C(=O)CCOCC(F)(F)F. The second kappa shape index (κ2) is 8.30. The maximum absolute atomic E-state index is 11.7. The van der Waals surface area contributed by atoms with Crippen molar-refractivity contribution in [3.8, 4) is 0 Å². The van der Waals surface area contributed by atoms with Crippen molar-refractivity contribution in [1.82, 2.24) is 4.90 Å². The molecule has 0 aliphatic rings. The van der Waals surface area contributed by atoms with Crippen molar-refractivity contribution in [2.75, 3.05) is 32.8 Å². The first-order valence-electron chi connectivity index (χ1n) is 5.53. The first kappa shape index (κ1) is 16.2. The molecule has 0 unspecified atom stereocenters. The molecule has 4 nitrogen and oxygen atoms in total. The summed E-state index contributed by atoms with van der Waals surface area (Å²) < 4.78 is 39.6. The summed E-state index contributed by atoms with van der Waals surface area (Å²) in [6, 6.07) is 0. The zero-order chi connectivity index (χ0) is 13.3. The highest BCUT2D eigenvalue weighted by molar-refractivity contribution is 5.76. The number of alkyl halides is 3. The van der Waals surface area contributed by atoms with Crippen LogP contribution in [0.1, 0.15) is 19.8 Å². The van der Waals surface area contributed by atoms with Gasteiger partial charge in [-0.05, 0) is 6.42 Å². The Morgan fingerprint density at radius 1 is 1.35 bits per heavy atom. The number of nitrogens with zero attached hydrogens (tertiary/aromatic N) is 1. The van der Waals surface area contributed by atoms with Crippen molar-refractivity contribution in [3.05, 3.63) is 0 Å². The minimum absolute atomic E-state index is 0.0456. The third-order valence-corrected chi connectivity index (χ3v) is 1.97. The molecular weight excluding hydrogens is 237 g/mol. The highest BCUT2D eigenvalue weighted by Gasteiger charge is 2.27. The van der Waals surface area contributed by atoms with Crippen LogP contribution >= 0.6 is 0 Å². The molecule has 0 fully saturated rings. The van der Waals surface area contributed by atoms with E-state index in [-0.39, 0.29) is 18.9 Å². The standard InChI is InChI=1S/C10H19F3N2O2/c1-2-5-15(6-4-14)9(16)3-7-17-8-10(11,12)13/h2-8,14H2,1H3. The number of carbonyl (C=O) groups is 1. The summed E-state index contributed by atoms with van der Waals surface area (Å²) >= 11 is 0. The van der Waals surface area contributed by atoms with Crippen molar-refractivity contribution >= 4 is 5.91 Å². The fourth-order valence-corrected chi connectivity index (χ4v) is 1.29. The molecule has 0 spiro atoms. The molecule has 0 rings (SSSR count). The second-order valence-corrected chi connectivity index (χ2v) is 3.59. The van der Waals surface area contributed by atoms with Gasteiger partial charge in [-0.25, -0.2) is 0 Å². The molecule has 17 heavy (non-hydrogen) atoms. The van der Waals surface area contributed by atoms with Gasteiger partial charge in [-0.15, -0.1) is 0 Å². The number of halogens is 3. The Balaban J connectivity index is 3.81. The van der Waals surface area contributed by atoms with Gasteiger partial charge in [0.1, 0.15) is 6.61 Å². The minimum atomic E-state index is -4.34. The molecule has 0 atom stereocenters. The Hall–Kier alpha value is -0.820. The van der Waals surface area contributed by atoms with Gasteiger partial charge >= 0.3 is 6.18 Å². The van der Waals surface area contributed by atoms with Crippen LogP contribution in [-0.2, 0) is 9.53 Å². The summed E-state index contributed by atoms with van der Waals surface area (Å²) in [5, 5.41) is 0. The van der Waals surface area contributed by atoms with Gasteiger partial charge in [0, 0.05) is 19.6 Å². The normalized spacial score (nSPS) is 11.6. The number of hydrogen-bond donors (Lipinski definition) is 1. The highest BCUT2D eigenvalue weighted by Crippen LogP contribution is 2.14. The maximum atomic E-state index is 11.7. The molecule has 0 aromatic rings. The van der Waals surface area contributed by atoms with E-state index in [0.29, 0.717) is 19.6 Å². The Bertz CT molecular complexity index is 216. The van der Waals surface area contributed by atoms with Crippen LogP contribution in [0.5, 0.6) is 0 Å². The molecule has 0 aromatic carbocycles. The van der Waals surface area contributed by atoms with E-state index in [9.17, 15) is 18.0 Å². The van der Waals surface area contributed by atoms with E-state index in [4.69, 9.17) is 5.73 Å². The van der Waals surface area contributed by atoms with E-state index in [2.05, 4.69) is 4.74 Å². The fourth-order valence-electron chi connectivity index (χ4n) is 1.29. The molecule has 0 radical (unpaired) electrons. The summed E-state index contributed by atoms with van der Waals surface area (Å²) in [4.78, 5) is 13.1. The Labute approximate surface area is 98.9 Å². The predicted molar refractivity (Wildman–Crippen MR) is 57.4 cm³/mol. The lowest BCUT2D eigenvalue weighted by molar-refractivity contribution is -0.175. The van der Waals surface area contributed by atoms with Gasteiger partial charge in [0.05, 0.1) is 13.0 Å². The first-order valence-corrected chi connectivity index (χ1v) is 5.53. The Kier molecular flexibility index (Phi) is 7.90. The number of amides is 1. The molecular formula is C10H19F3N2O2. The molecule has 0 saturated carbocycles. The lowest BCUT2D eigenvalue weighted by atomic mass is 10.3. The number of nitrogens with two attached hydrogens (primary N) is 1. The third-order valence-electron chi connectivity index (χ3n) is 1.97. The smallest absolute Gasteiger partial charge is 0.372 e. The van der Waals surface area contributed by atoms with Gasteiger partial charge in [0.15, 0.2) is 0 Å². The van der Waals surface area contributed by atoms with Crippen molar-refractivity contribution < 1.29 is 22.7 Å². The van der Waals surface area contributed by atoms with Crippen molar-refractivity contribution in [3.63, 3.8) is 0 Å². The zero-order valence-electron chi connectivity index (χ0n) is 9.92. The first-order chi connectivity index (χ1) is 7.90. The van der Waals surface area contributed by atoms with Gasteiger partial charge in [-0.3, -0.25) is 4.79 Å². The molecule has 7 heteroatoms. The zero-order valence-corrected chi connectivity index (χ0v) is 9.92.